The lowest BCUT2D eigenvalue weighted by Gasteiger charge is -2.19. The Morgan fingerprint density at radius 2 is 2.11 bits per heavy atom. The third kappa shape index (κ3) is 4.75. The van der Waals surface area contributed by atoms with E-state index in [0.717, 1.165) is 23.7 Å². The molecule has 0 bridgehead atoms. The number of benzene rings is 2. The second-order valence-electron chi connectivity index (χ2n) is 6.61. The molecule has 1 amide bonds. The van der Waals surface area contributed by atoms with E-state index in [1.807, 2.05) is 6.07 Å². The number of carbonyl (C=O) groups excluding carboxylic acids is 1. The van der Waals surface area contributed by atoms with Crippen molar-refractivity contribution in [2.75, 3.05) is 6.61 Å². The molecule has 0 atom stereocenters. The fourth-order valence-corrected chi connectivity index (χ4v) is 3.83. The highest BCUT2D eigenvalue weighted by atomic mass is 79.9. The van der Waals surface area contributed by atoms with Crippen LogP contribution in [0.25, 0.3) is 0 Å². The molecule has 1 aliphatic rings. The first-order valence-corrected chi connectivity index (χ1v) is 9.75. The van der Waals surface area contributed by atoms with Gasteiger partial charge in [0, 0.05) is 17.2 Å². The second kappa shape index (κ2) is 8.97. The van der Waals surface area contributed by atoms with Gasteiger partial charge in [0.2, 0.25) is 0 Å². The predicted octanol–water partition coefficient (Wildman–Crippen LogP) is 4.07. The quantitative estimate of drug-likeness (QED) is 0.411. The van der Waals surface area contributed by atoms with Crippen LogP contribution in [-0.2, 0) is 17.6 Å². The molecule has 1 aliphatic carbocycles. The molecule has 7 nitrogen and oxygen atoms in total. The van der Waals surface area contributed by atoms with Crippen LogP contribution in [0.15, 0.2) is 39.9 Å². The fourth-order valence-electron chi connectivity index (χ4n) is 3.13. The summed E-state index contributed by atoms with van der Waals surface area (Å²) in [4.78, 5) is 22.5. The first-order chi connectivity index (χ1) is 13.5. The van der Waals surface area contributed by atoms with Gasteiger partial charge in [-0.15, -0.1) is 0 Å². The van der Waals surface area contributed by atoms with E-state index < -0.39 is 10.8 Å². The van der Waals surface area contributed by atoms with Crippen LogP contribution in [0.2, 0.25) is 0 Å². The van der Waals surface area contributed by atoms with Gasteiger partial charge in [0.15, 0.2) is 6.61 Å². The number of fused-ring (bicyclic) bond motifs is 1. The van der Waals surface area contributed by atoms with Gasteiger partial charge in [0.25, 0.3) is 11.6 Å². The highest BCUT2D eigenvalue weighted by Gasteiger charge is 2.16. The zero-order valence-corrected chi connectivity index (χ0v) is 17.0. The first kappa shape index (κ1) is 20.0. The van der Waals surface area contributed by atoms with Gasteiger partial charge in [-0.05, 0) is 65.7 Å². The Morgan fingerprint density at radius 3 is 2.89 bits per heavy atom. The highest BCUT2D eigenvalue weighted by molar-refractivity contribution is 9.10. The number of hydrogen-bond donors (Lipinski definition) is 1. The van der Waals surface area contributed by atoms with Crippen LogP contribution in [0.1, 0.15) is 35.1 Å². The summed E-state index contributed by atoms with van der Waals surface area (Å²) >= 11 is 3.58. The zero-order valence-electron chi connectivity index (χ0n) is 15.4. The molecule has 0 radical (unpaired) electrons. The van der Waals surface area contributed by atoms with Crippen LogP contribution in [0, 0.1) is 17.0 Å². The SMILES string of the molecule is Cc1ccc(/C=N\NC(=O)COc2ccc3c(c2Br)CCCC3)cc1[N+](=O)[O-]. The van der Waals surface area contributed by atoms with Gasteiger partial charge in [-0.1, -0.05) is 18.2 Å². The molecule has 0 unspecified atom stereocenters. The van der Waals surface area contributed by atoms with Gasteiger partial charge in [-0.25, -0.2) is 5.43 Å². The molecule has 0 saturated carbocycles. The van der Waals surface area contributed by atoms with Crippen LogP contribution in [0.3, 0.4) is 0 Å². The molecular formula is C20H20BrN3O4. The summed E-state index contributed by atoms with van der Waals surface area (Å²) in [6.07, 6.45) is 5.79. The van der Waals surface area contributed by atoms with Crippen molar-refractivity contribution in [2.45, 2.75) is 32.6 Å². The zero-order chi connectivity index (χ0) is 20.1. The molecule has 2 aromatic rings. The van der Waals surface area contributed by atoms with Crippen LogP contribution >= 0.6 is 15.9 Å². The molecule has 3 rings (SSSR count). The summed E-state index contributed by atoms with van der Waals surface area (Å²) in [5, 5.41) is 14.8. The summed E-state index contributed by atoms with van der Waals surface area (Å²) in [5.41, 5.74) is 6.04. The van der Waals surface area contributed by atoms with Crippen molar-refractivity contribution in [2.24, 2.45) is 5.10 Å². The van der Waals surface area contributed by atoms with Crippen molar-refractivity contribution in [3.8, 4) is 5.75 Å². The van der Waals surface area contributed by atoms with E-state index in [1.54, 1.807) is 19.1 Å². The van der Waals surface area contributed by atoms with Crippen molar-refractivity contribution in [1.82, 2.24) is 5.43 Å². The summed E-state index contributed by atoms with van der Waals surface area (Å²) in [7, 11) is 0. The Bertz CT molecular complexity index is 943. The van der Waals surface area contributed by atoms with Gasteiger partial charge < -0.3 is 4.74 Å². The van der Waals surface area contributed by atoms with Crippen molar-refractivity contribution in [1.29, 1.82) is 0 Å². The van der Waals surface area contributed by atoms with E-state index in [9.17, 15) is 14.9 Å². The minimum absolute atomic E-state index is 0.0101. The van der Waals surface area contributed by atoms with Crippen LogP contribution in [-0.4, -0.2) is 23.7 Å². The van der Waals surface area contributed by atoms with Crippen LogP contribution in [0.5, 0.6) is 5.75 Å². The largest absolute Gasteiger partial charge is 0.483 e. The monoisotopic (exact) mass is 445 g/mol. The molecule has 28 heavy (non-hydrogen) atoms. The molecule has 0 spiro atoms. The standard InChI is InChI=1S/C20H20BrN3O4/c1-13-6-7-14(10-17(13)24(26)27)11-22-23-19(25)12-28-18-9-8-15-4-2-3-5-16(15)20(18)21/h6-11H,2-5,12H2,1H3,(H,23,25)/b22-11-. The number of hydrazone groups is 1. The average Bonchev–Trinajstić information content (AvgIpc) is 2.69. The smallest absolute Gasteiger partial charge is 0.277 e. The van der Waals surface area contributed by atoms with E-state index >= 15 is 0 Å². The molecule has 0 aliphatic heterocycles. The average molecular weight is 446 g/mol. The van der Waals surface area contributed by atoms with Crippen molar-refractivity contribution in [3.05, 3.63) is 67.2 Å². The maximum atomic E-state index is 12.0. The molecule has 0 aromatic heterocycles. The maximum Gasteiger partial charge on any atom is 0.277 e. The summed E-state index contributed by atoms with van der Waals surface area (Å²) in [6, 6.07) is 8.66. The Labute approximate surface area is 171 Å². The van der Waals surface area contributed by atoms with Gasteiger partial charge in [-0.2, -0.15) is 5.10 Å². The Kier molecular flexibility index (Phi) is 6.41. The number of nitrogens with zero attached hydrogens (tertiary/aromatic N) is 2. The number of nitro benzene ring substituents is 1. The fraction of sp³-hybridized carbons (Fsp3) is 0.300. The summed E-state index contributed by atoms with van der Waals surface area (Å²) in [5.74, 6) is 0.219. The number of ether oxygens (including phenoxy) is 1. The third-order valence-corrected chi connectivity index (χ3v) is 5.49. The number of rotatable bonds is 6. The molecule has 1 N–H and O–H groups in total. The lowest BCUT2D eigenvalue weighted by molar-refractivity contribution is -0.385. The van der Waals surface area contributed by atoms with Crippen molar-refractivity contribution < 1.29 is 14.5 Å². The van der Waals surface area contributed by atoms with Crippen molar-refractivity contribution >= 4 is 33.7 Å². The second-order valence-corrected chi connectivity index (χ2v) is 7.40. The van der Waals surface area contributed by atoms with Gasteiger partial charge in [0.1, 0.15) is 5.75 Å². The number of nitrogens with one attached hydrogen (secondary N) is 1. The number of amides is 1. The molecule has 0 saturated heterocycles. The number of nitro groups is 1. The minimum Gasteiger partial charge on any atom is -0.483 e. The molecule has 2 aromatic carbocycles. The highest BCUT2D eigenvalue weighted by Crippen LogP contribution is 2.35. The van der Waals surface area contributed by atoms with Crippen LogP contribution < -0.4 is 10.2 Å². The van der Waals surface area contributed by atoms with Crippen molar-refractivity contribution in [3.63, 3.8) is 0 Å². The maximum absolute atomic E-state index is 12.0. The topological polar surface area (TPSA) is 93.8 Å². The van der Waals surface area contributed by atoms with E-state index in [1.165, 1.54) is 29.8 Å². The van der Waals surface area contributed by atoms with Gasteiger partial charge in [0.05, 0.1) is 15.6 Å². The molecule has 8 heteroatoms. The van der Waals surface area contributed by atoms with E-state index in [2.05, 4.69) is 32.5 Å². The normalized spacial score (nSPS) is 13.2. The summed E-state index contributed by atoms with van der Waals surface area (Å²) in [6.45, 7) is 1.49. The van der Waals surface area contributed by atoms with E-state index in [4.69, 9.17) is 4.74 Å². The molecule has 146 valence electrons. The Morgan fingerprint density at radius 1 is 1.32 bits per heavy atom. The number of halogens is 1. The van der Waals surface area contributed by atoms with Gasteiger partial charge >= 0.3 is 0 Å². The minimum atomic E-state index is -0.449. The molecular weight excluding hydrogens is 426 g/mol. The lowest BCUT2D eigenvalue weighted by Crippen LogP contribution is -2.24. The Balaban J connectivity index is 1.56. The van der Waals surface area contributed by atoms with E-state index in [0.29, 0.717) is 16.9 Å². The van der Waals surface area contributed by atoms with Gasteiger partial charge in [-0.3, -0.25) is 14.9 Å². The number of aryl methyl sites for hydroxylation is 2. The lowest BCUT2D eigenvalue weighted by atomic mass is 9.92. The Hall–Kier alpha value is -2.74. The molecule has 0 fully saturated rings. The van der Waals surface area contributed by atoms with Crippen LogP contribution in [0.4, 0.5) is 5.69 Å². The van der Waals surface area contributed by atoms with E-state index in [-0.39, 0.29) is 12.3 Å². The summed E-state index contributed by atoms with van der Waals surface area (Å²) < 4.78 is 6.52. The molecule has 0 heterocycles. The first-order valence-electron chi connectivity index (χ1n) is 8.95. The third-order valence-electron chi connectivity index (χ3n) is 4.62. The number of carbonyl (C=O) groups is 1. The predicted molar refractivity (Wildman–Crippen MR) is 110 cm³/mol. The number of hydrogen-bond acceptors (Lipinski definition) is 5.